The zero-order valence-electron chi connectivity index (χ0n) is 18.1. The van der Waals surface area contributed by atoms with Gasteiger partial charge in [0.05, 0.1) is 0 Å². The number of allylic oxidation sites excluding steroid dienone is 1. The monoisotopic (exact) mass is 518 g/mol. The van der Waals surface area contributed by atoms with E-state index in [1.165, 1.54) is 27.1 Å². The van der Waals surface area contributed by atoms with Crippen molar-refractivity contribution in [2.45, 2.75) is 3.93 Å². The maximum atomic E-state index is 4.44. The number of rotatable bonds is 6. The van der Waals surface area contributed by atoms with E-state index in [9.17, 15) is 0 Å². The third-order valence-corrected chi connectivity index (χ3v) is 21.4. The van der Waals surface area contributed by atoms with E-state index < -0.39 is 18.4 Å². The van der Waals surface area contributed by atoms with Crippen LogP contribution in [0.2, 0.25) is 0 Å². The molecule has 0 N–H and O–H groups in total. The van der Waals surface area contributed by atoms with E-state index in [0.717, 1.165) is 0 Å². The SMILES string of the molecule is C=C[CH](c1cccc2ccccc12)[Sn]([c]1ccccc1)([c]1ccccc1)[c]1ccccc1. The molecule has 5 aromatic carbocycles. The second-order valence-electron chi connectivity index (χ2n) is 8.19. The van der Waals surface area contributed by atoms with Gasteiger partial charge in [-0.05, 0) is 0 Å². The molecule has 1 unspecified atom stereocenters. The Kier molecular flexibility index (Phi) is 5.96. The summed E-state index contributed by atoms with van der Waals surface area (Å²) in [4.78, 5) is 0. The Balaban J connectivity index is 1.92. The summed E-state index contributed by atoms with van der Waals surface area (Å²) < 4.78 is 4.65. The van der Waals surface area contributed by atoms with E-state index in [-0.39, 0.29) is 3.93 Å². The van der Waals surface area contributed by atoms with Crippen molar-refractivity contribution in [2.75, 3.05) is 0 Å². The van der Waals surface area contributed by atoms with Gasteiger partial charge >= 0.3 is 195 Å². The molecule has 0 bridgehead atoms. The molecule has 0 aliphatic heterocycles. The molecule has 32 heavy (non-hydrogen) atoms. The number of benzene rings is 5. The van der Waals surface area contributed by atoms with Crippen LogP contribution in [-0.2, 0) is 0 Å². The van der Waals surface area contributed by atoms with Gasteiger partial charge in [-0.25, -0.2) is 0 Å². The van der Waals surface area contributed by atoms with Crippen LogP contribution >= 0.6 is 0 Å². The Bertz CT molecular complexity index is 1220. The summed E-state index contributed by atoms with van der Waals surface area (Å²) in [7, 11) is 0. The van der Waals surface area contributed by atoms with Crippen LogP contribution in [0.25, 0.3) is 10.8 Å². The molecule has 5 rings (SSSR count). The average molecular weight is 517 g/mol. The predicted octanol–water partition coefficient (Wildman–Crippen LogP) is 5.82. The summed E-state index contributed by atoms with van der Waals surface area (Å²) in [6.07, 6.45) is 2.23. The van der Waals surface area contributed by atoms with E-state index >= 15 is 0 Å². The van der Waals surface area contributed by atoms with Crippen LogP contribution in [0.15, 0.2) is 146 Å². The molecule has 0 radical (unpaired) electrons. The normalized spacial score (nSPS) is 12.4. The third-order valence-electron chi connectivity index (χ3n) is 6.55. The molecule has 1 heteroatoms. The van der Waals surface area contributed by atoms with Crippen LogP contribution in [0, 0.1) is 0 Å². The van der Waals surface area contributed by atoms with E-state index in [1.807, 2.05) is 0 Å². The summed E-state index contributed by atoms with van der Waals surface area (Å²) >= 11 is -3.61. The fourth-order valence-corrected chi connectivity index (χ4v) is 20.3. The van der Waals surface area contributed by atoms with Crippen molar-refractivity contribution in [3.05, 3.63) is 152 Å². The third kappa shape index (κ3) is 3.49. The van der Waals surface area contributed by atoms with Crippen LogP contribution in [0.4, 0.5) is 0 Å². The summed E-state index contributed by atoms with van der Waals surface area (Å²) in [5.41, 5.74) is 1.38. The quantitative estimate of drug-likeness (QED) is 0.197. The predicted molar refractivity (Wildman–Crippen MR) is 141 cm³/mol. The van der Waals surface area contributed by atoms with Gasteiger partial charge < -0.3 is 0 Å². The van der Waals surface area contributed by atoms with Crippen molar-refractivity contribution < 1.29 is 0 Å². The zero-order chi connectivity index (χ0) is 21.8. The molecule has 0 aliphatic carbocycles. The van der Waals surface area contributed by atoms with Gasteiger partial charge in [0.25, 0.3) is 0 Å². The Morgan fingerprint density at radius 3 is 1.44 bits per heavy atom. The van der Waals surface area contributed by atoms with Gasteiger partial charge in [0.1, 0.15) is 0 Å². The fourth-order valence-electron chi connectivity index (χ4n) is 5.20. The molecule has 0 aliphatic rings. The summed E-state index contributed by atoms with van der Waals surface area (Å²) in [6, 6.07) is 49.1. The standard InChI is InChI=1S/C13H11.3C6H5.Sn/c1-2-6-11-8-5-9-12-7-3-4-10-13(11)12;3*1-2-4-6-5-3-1;/h2-10H,1H2;3*1-5H;. The Morgan fingerprint density at radius 2 is 0.938 bits per heavy atom. The molecule has 0 spiro atoms. The van der Waals surface area contributed by atoms with Crippen molar-refractivity contribution in [3.63, 3.8) is 0 Å². The van der Waals surface area contributed by atoms with Crippen LogP contribution in [0.3, 0.4) is 0 Å². The minimum atomic E-state index is -3.61. The average Bonchev–Trinajstić information content (AvgIpc) is 2.88. The first-order chi connectivity index (χ1) is 15.9. The van der Waals surface area contributed by atoms with Crippen LogP contribution in [0.5, 0.6) is 0 Å². The Hall–Kier alpha value is -3.10. The second kappa shape index (κ2) is 9.18. The summed E-state index contributed by atoms with van der Waals surface area (Å²) in [5, 5.41) is 2.61. The first-order valence-corrected chi connectivity index (χ1v) is 17.1. The molecule has 0 nitrogen and oxygen atoms in total. The topological polar surface area (TPSA) is 0 Å². The van der Waals surface area contributed by atoms with Gasteiger partial charge in [-0.1, -0.05) is 0 Å². The van der Waals surface area contributed by atoms with E-state index in [1.54, 1.807) is 0 Å². The second-order valence-corrected chi connectivity index (χ2v) is 19.5. The Morgan fingerprint density at radius 1 is 0.500 bits per heavy atom. The first kappa shape index (κ1) is 20.8. The summed E-state index contributed by atoms with van der Waals surface area (Å²) in [6.45, 7) is 4.44. The summed E-state index contributed by atoms with van der Waals surface area (Å²) in [5.74, 6) is 0. The van der Waals surface area contributed by atoms with Crippen LogP contribution in [-0.4, -0.2) is 18.4 Å². The van der Waals surface area contributed by atoms with E-state index in [2.05, 4.69) is 146 Å². The molecule has 0 fully saturated rings. The molecular formula is C31H26Sn. The fraction of sp³-hybridized carbons (Fsp3) is 0.0323. The van der Waals surface area contributed by atoms with Gasteiger partial charge in [0.15, 0.2) is 0 Å². The van der Waals surface area contributed by atoms with E-state index in [0.29, 0.717) is 0 Å². The van der Waals surface area contributed by atoms with E-state index in [4.69, 9.17) is 0 Å². The van der Waals surface area contributed by atoms with Crippen LogP contribution in [0.1, 0.15) is 9.50 Å². The molecule has 5 aromatic rings. The minimum absolute atomic E-state index is 0.239. The van der Waals surface area contributed by atoms with Crippen molar-refractivity contribution in [1.29, 1.82) is 0 Å². The molecule has 0 amide bonds. The van der Waals surface area contributed by atoms with Crippen molar-refractivity contribution in [2.24, 2.45) is 0 Å². The van der Waals surface area contributed by atoms with Gasteiger partial charge in [0.2, 0.25) is 0 Å². The molecule has 0 saturated heterocycles. The van der Waals surface area contributed by atoms with Gasteiger partial charge in [-0.2, -0.15) is 0 Å². The molecule has 154 valence electrons. The van der Waals surface area contributed by atoms with Crippen LogP contribution < -0.4 is 10.7 Å². The van der Waals surface area contributed by atoms with Crippen molar-refractivity contribution in [3.8, 4) is 0 Å². The first-order valence-electron chi connectivity index (χ1n) is 11.1. The Labute approximate surface area is 194 Å². The number of fused-ring (bicyclic) bond motifs is 1. The van der Waals surface area contributed by atoms with Crippen molar-refractivity contribution >= 4 is 39.9 Å². The number of hydrogen-bond acceptors (Lipinski definition) is 0. The maximum absolute atomic E-state index is 4.44. The number of hydrogen-bond donors (Lipinski definition) is 0. The molecule has 1 atom stereocenters. The van der Waals surface area contributed by atoms with Gasteiger partial charge in [-0.3, -0.25) is 0 Å². The molecule has 0 heterocycles. The molecule has 0 saturated carbocycles. The molecule has 0 aromatic heterocycles. The zero-order valence-corrected chi connectivity index (χ0v) is 20.9. The van der Waals surface area contributed by atoms with Crippen molar-refractivity contribution in [1.82, 2.24) is 0 Å². The van der Waals surface area contributed by atoms with Gasteiger partial charge in [-0.15, -0.1) is 0 Å². The molecular weight excluding hydrogens is 491 g/mol. The van der Waals surface area contributed by atoms with Gasteiger partial charge in [0, 0.05) is 0 Å².